The highest BCUT2D eigenvalue weighted by Gasteiger charge is 2.31. The molecule has 1 fully saturated rings. The van der Waals surface area contributed by atoms with Gasteiger partial charge in [-0.1, -0.05) is 6.08 Å². The van der Waals surface area contributed by atoms with Gasteiger partial charge in [-0.15, -0.1) is 0 Å². The molecule has 0 spiro atoms. The van der Waals surface area contributed by atoms with Crippen molar-refractivity contribution in [2.75, 3.05) is 50.0 Å². The number of nitrogens with one attached hydrogen (secondary N) is 2. The SMILES string of the molecule is CC(C)OC(=O)N1CC=C(c2c(F)cc(N3CCN(C)[C@@H](C)C3)c(NC(=O)c3c[nH]c(=O)cc3C(F)F)c2F)CC1. The molecule has 2 amide bonds. The van der Waals surface area contributed by atoms with Gasteiger partial charge in [-0.2, -0.15) is 0 Å². The van der Waals surface area contributed by atoms with E-state index in [0.29, 0.717) is 31.3 Å². The summed E-state index contributed by atoms with van der Waals surface area (Å²) in [5.74, 6) is -3.01. The summed E-state index contributed by atoms with van der Waals surface area (Å²) in [6.45, 7) is 6.98. The van der Waals surface area contributed by atoms with E-state index in [1.807, 2.05) is 14.0 Å². The Balaban J connectivity index is 1.75. The Morgan fingerprint density at radius 3 is 2.49 bits per heavy atom. The van der Waals surface area contributed by atoms with Gasteiger partial charge < -0.3 is 29.7 Å². The fourth-order valence-electron chi connectivity index (χ4n) is 4.92. The molecule has 0 aliphatic carbocycles. The number of likely N-dealkylation sites (N-methyl/N-ethyl adjacent to an activating group) is 1. The van der Waals surface area contributed by atoms with Crippen LogP contribution in [0.3, 0.4) is 0 Å². The van der Waals surface area contributed by atoms with Crippen molar-refractivity contribution in [3.8, 4) is 0 Å². The van der Waals surface area contributed by atoms with Gasteiger partial charge in [-0.3, -0.25) is 9.59 Å². The Hall–Kier alpha value is -3.87. The van der Waals surface area contributed by atoms with E-state index in [2.05, 4.69) is 15.2 Å². The van der Waals surface area contributed by atoms with Crippen LogP contribution in [-0.2, 0) is 4.74 Å². The third kappa shape index (κ3) is 6.55. The first-order valence-electron chi connectivity index (χ1n) is 13.3. The predicted molar refractivity (Wildman–Crippen MR) is 146 cm³/mol. The zero-order valence-electron chi connectivity index (χ0n) is 23.3. The summed E-state index contributed by atoms with van der Waals surface area (Å²) >= 11 is 0. The van der Waals surface area contributed by atoms with Crippen LogP contribution in [0.15, 0.2) is 29.2 Å². The van der Waals surface area contributed by atoms with E-state index < -0.39 is 46.7 Å². The van der Waals surface area contributed by atoms with Gasteiger partial charge in [0.1, 0.15) is 11.5 Å². The summed E-state index contributed by atoms with van der Waals surface area (Å²) in [7, 11) is 1.92. The number of rotatable bonds is 6. The third-order valence-electron chi connectivity index (χ3n) is 7.30. The molecule has 0 radical (unpaired) electrons. The number of hydrogen-bond acceptors (Lipinski definition) is 6. The summed E-state index contributed by atoms with van der Waals surface area (Å²) in [4.78, 5) is 44.5. The second-order valence-electron chi connectivity index (χ2n) is 10.5. The highest BCUT2D eigenvalue weighted by Crippen LogP contribution is 2.39. The maximum atomic E-state index is 16.3. The minimum absolute atomic E-state index is 0.0281. The van der Waals surface area contributed by atoms with Crippen LogP contribution in [0.2, 0.25) is 0 Å². The van der Waals surface area contributed by atoms with Crippen LogP contribution in [0.4, 0.5) is 33.7 Å². The lowest BCUT2D eigenvalue weighted by molar-refractivity contribution is 0.0799. The number of nitrogens with zero attached hydrogens (tertiary/aromatic N) is 3. The number of ether oxygens (including phenoxy) is 1. The molecule has 13 heteroatoms. The normalized spacial score (nSPS) is 18.1. The molecule has 3 heterocycles. The number of carbonyl (C=O) groups excluding carboxylic acids is 2. The van der Waals surface area contributed by atoms with Crippen molar-refractivity contribution in [1.29, 1.82) is 0 Å². The Morgan fingerprint density at radius 1 is 1.15 bits per heavy atom. The number of benzene rings is 1. The first kappa shape index (κ1) is 30.1. The van der Waals surface area contributed by atoms with Crippen molar-refractivity contribution in [3.05, 3.63) is 63.1 Å². The van der Waals surface area contributed by atoms with Crippen LogP contribution in [0.1, 0.15) is 55.1 Å². The van der Waals surface area contributed by atoms with Crippen molar-refractivity contribution < 1.29 is 31.9 Å². The fourth-order valence-corrected chi connectivity index (χ4v) is 4.92. The molecule has 1 aromatic heterocycles. The zero-order chi connectivity index (χ0) is 30.0. The van der Waals surface area contributed by atoms with E-state index in [1.54, 1.807) is 18.7 Å². The van der Waals surface area contributed by atoms with Gasteiger partial charge in [0.25, 0.3) is 12.3 Å². The summed E-state index contributed by atoms with van der Waals surface area (Å²) in [6.07, 6.45) is -1.52. The molecule has 4 rings (SSSR count). The number of anilines is 2. The van der Waals surface area contributed by atoms with Crippen LogP contribution in [0.5, 0.6) is 0 Å². The van der Waals surface area contributed by atoms with E-state index >= 15 is 8.78 Å². The maximum Gasteiger partial charge on any atom is 0.410 e. The molecule has 1 aromatic carbocycles. The summed E-state index contributed by atoms with van der Waals surface area (Å²) in [5, 5.41) is 2.39. The molecule has 222 valence electrons. The molecule has 0 unspecified atom stereocenters. The van der Waals surface area contributed by atoms with Crippen LogP contribution >= 0.6 is 0 Å². The molecule has 2 N–H and O–H groups in total. The van der Waals surface area contributed by atoms with E-state index in [0.717, 1.165) is 12.3 Å². The maximum absolute atomic E-state index is 16.3. The molecule has 2 aliphatic heterocycles. The number of halogens is 4. The van der Waals surface area contributed by atoms with Gasteiger partial charge in [0.2, 0.25) is 5.56 Å². The predicted octanol–water partition coefficient (Wildman–Crippen LogP) is 4.62. The minimum Gasteiger partial charge on any atom is -0.447 e. The van der Waals surface area contributed by atoms with Gasteiger partial charge in [0, 0.05) is 62.7 Å². The van der Waals surface area contributed by atoms with Gasteiger partial charge in [0.05, 0.1) is 22.9 Å². The molecule has 2 aromatic rings. The fraction of sp³-hybridized carbons (Fsp3) is 0.464. The topological polar surface area (TPSA) is 98.0 Å². The van der Waals surface area contributed by atoms with Crippen molar-refractivity contribution in [2.45, 2.75) is 45.8 Å². The third-order valence-corrected chi connectivity index (χ3v) is 7.30. The van der Waals surface area contributed by atoms with E-state index in [9.17, 15) is 23.2 Å². The molecule has 0 saturated carbocycles. The van der Waals surface area contributed by atoms with Gasteiger partial charge in [-0.25, -0.2) is 22.4 Å². The van der Waals surface area contributed by atoms with Crippen LogP contribution < -0.4 is 15.8 Å². The lowest BCUT2D eigenvalue weighted by Crippen LogP contribution is -2.50. The number of alkyl halides is 2. The number of aromatic nitrogens is 1. The molecule has 1 saturated heterocycles. The number of carbonyl (C=O) groups is 2. The highest BCUT2D eigenvalue weighted by atomic mass is 19.3. The molecule has 9 nitrogen and oxygen atoms in total. The number of pyridine rings is 1. The monoisotopic (exact) mass is 579 g/mol. The smallest absolute Gasteiger partial charge is 0.410 e. The molecule has 41 heavy (non-hydrogen) atoms. The van der Waals surface area contributed by atoms with Crippen molar-refractivity contribution in [1.82, 2.24) is 14.8 Å². The molecule has 1 atom stereocenters. The van der Waals surface area contributed by atoms with Gasteiger partial charge in [-0.05, 0) is 39.8 Å². The number of piperazine rings is 1. The van der Waals surface area contributed by atoms with Crippen LogP contribution in [-0.4, -0.2) is 78.7 Å². The number of hydrogen-bond donors (Lipinski definition) is 2. The Morgan fingerprint density at radius 2 is 1.88 bits per heavy atom. The number of amides is 2. The molecule has 2 aliphatic rings. The number of aromatic amines is 1. The standard InChI is InChI=1S/C28H33F4N5O4/c1-15(2)41-28(40)36-7-5-17(6-8-36)23-20(29)12-21(37-10-9-35(4)16(3)14-37)25(24(23)30)34-27(39)19-13-33-22(38)11-18(19)26(31)32/h5,11-13,15-16,26H,6-10,14H2,1-4H3,(H,33,38)(H,34,39)/t16-/m0/s1. The molecular formula is C28H33F4N5O4. The highest BCUT2D eigenvalue weighted by molar-refractivity contribution is 6.07. The average molecular weight is 580 g/mol. The Bertz CT molecular complexity index is 1410. The molecule has 0 bridgehead atoms. The largest absolute Gasteiger partial charge is 0.447 e. The average Bonchev–Trinajstić information content (AvgIpc) is 2.91. The second kappa shape index (κ2) is 12.3. The van der Waals surface area contributed by atoms with Gasteiger partial charge in [0.15, 0.2) is 5.82 Å². The minimum atomic E-state index is -3.14. The van der Waals surface area contributed by atoms with E-state index in [1.165, 1.54) is 11.0 Å². The lowest BCUT2D eigenvalue weighted by atomic mass is 9.96. The van der Waals surface area contributed by atoms with E-state index in [-0.39, 0.29) is 48.6 Å². The van der Waals surface area contributed by atoms with Crippen LogP contribution in [0, 0.1) is 11.6 Å². The lowest BCUT2D eigenvalue weighted by Gasteiger charge is -2.40. The van der Waals surface area contributed by atoms with Crippen LogP contribution in [0.25, 0.3) is 5.57 Å². The second-order valence-corrected chi connectivity index (χ2v) is 10.5. The first-order chi connectivity index (χ1) is 19.4. The Kier molecular flexibility index (Phi) is 9.05. The van der Waals surface area contributed by atoms with Crippen molar-refractivity contribution >= 4 is 28.9 Å². The zero-order valence-corrected chi connectivity index (χ0v) is 23.3. The summed E-state index contributed by atoms with van der Waals surface area (Å²) < 4.78 is 64.4. The molecular weight excluding hydrogens is 546 g/mol. The van der Waals surface area contributed by atoms with Crippen molar-refractivity contribution in [2.24, 2.45) is 0 Å². The number of H-pyrrole nitrogens is 1. The summed E-state index contributed by atoms with van der Waals surface area (Å²) in [5.41, 5.74) is -2.56. The van der Waals surface area contributed by atoms with Crippen molar-refractivity contribution in [3.63, 3.8) is 0 Å². The quantitative estimate of drug-likeness (QED) is 0.485. The van der Waals surface area contributed by atoms with E-state index in [4.69, 9.17) is 4.74 Å². The van der Waals surface area contributed by atoms with Gasteiger partial charge >= 0.3 is 6.09 Å². The first-order valence-corrected chi connectivity index (χ1v) is 13.3. The summed E-state index contributed by atoms with van der Waals surface area (Å²) in [6, 6.07) is 1.77. The Labute approximate surface area is 234 Å².